The van der Waals surface area contributed by atoms with Crippen molar-refractivity contribution in [3.05, 3.63) is 40.5 Å². The van der Waals surface area contributed by atoms with Gasteiger partial charge >= 0.3 is 93.5 Å². The fraction of sp³-hybridized carbons (Fsp3) is 0. The molecular weight excluding hydrogens is 463 g/mol. The van der Waals surface area contributed by atoms with E-state index < -0.39 is 40.4 Å². The molecule has 0 rings (SSSR count). The van der Waals surface area contributed by atoms with Crippen molar-refractivity contribution >= 4 is 20.0 Å². The number of nitrogens with zero attached hydrogens (tertiary/aromatic N) is 4. The first-order chi connectivity index (χ1) is 7.67. The first-order valence-corrected chi connectivity index (χ1v) is 7.67. The molecule has 0 amide bonds. The van der Waals surface area contributed by atoms with Crippen LogP contribution in [0.3, 0.4) is 0 Å². The molecule has 0 atom stereocenters. The fourth-order valence-corrected chi connectivity index (χ4v) is 3.12. The second-order valence-electron chi connectivity index (χ2n) is 1.76. The van der Waals surface area contributed by atoms with Crippen molar-refractivity contribution in [2.75, 3.05) is 0 Å². The molecule has 0 bridgehead atoms. The molecule has 0 saturated carbocycles. The van der Waals surface area contributed by atoms with Gasteiger partial charge in [0.2, 0.25) is 0 Å². The molecule has 0 radical (unpaired) electrons. The van der Waals surface area contributed by atoms with Gasteiger partial charge in [-0.2, -0.15) is 0 Å². The first kappa shape index (κ1) is 42.8. The molecule has 0 aromatic carbocycles. The van der Waals surface area contributed by atoms with Crippen molar-refractivity contribution in [3.63, 3.8) is 0 Å². The van der Waals surface area contributed by atoms with Crippen LogP contribution in [0.5, 0.6) is 0 Å². The molecule has 0 aromatic rings. The Bertz CT molecular complexity index is 279. The van der Waals surface area contributed by atoms with Crippen molar-refractivity contribution < 1.29 is 65.9 Å². The maximum absolute atomic E-state index is 9.89. The van der Waals surface area contributed by atoms with Crippen LogP contribution in [0, 0.1) is 40.5 Å². The molecule has 0 spiro atoms. The van der Waals surface area contributed by atoms with Crippen LogP contribution in [-0.4, -0.2) is 73.2 Å². The fourth-order valence-electron chi connectivity index (χ4n) is 0.465. The summed E-state index contributed by atoms with van der Waals surface area (Å²) < 4.78 is 13.2. The predicted molar refractivity (Wildman–Crippen MR) is 59.8 cm³/mol. The minimum absolute atomic E-state index is 0. The SMILES string of the molecule is O.O.O.O.O.O.O=[N+]([O-])[O][Sn]([O][N+](=O)[O-])([O][N+](=O)[O-])[O][N+](=O)[O-]. The molecule has 0 aromatic heterocycles. The Morgan fingerprint density at radius 1 is 0.478 bits per heavy atom. The average molecular weight is 475 g/mol. The van der Waals surface area contributed by atoms with Crippen molar-refractivity contribution in [1.82, 2.24) is 0 Å². The van der Waals surface area contributed by atoms with Gasteiger partial charge in [0.25, 0.3) is 0 Å². The summed E-state index contributed by atoms with van der Waals surface area (Å²) in [5.41, 5.74) is 0. The zero-order valence-electron chi connectivity index (χ0n) is 10.2. The molecule has 23 heteroatoms. The summed E-state index contributed by atoms with van der Waals surface area (Å²) in [6.45, 7) is 0. The second kappa shape index (κ2) is 17.4. The Hall–Kier alpha value is -2.64. The number of hydrogen-bond donors (Lipinski definition) is 0. The van der Waals surface area contributed by atoms with Gasteiger partial charge in [-0.15, -0.1) is 0 Å². The Balaban J connectivity index is -0.0000000853. The van der Waals surface area contributed by atoms with Gasteiger partial charge in [0, 0.05) is 0 Å². The monoisotopic (exact) mass is 476 g/mol. The summed E-state index contributed by atoms with van der Waals surface area (Å²) in [5, 5.41) is 32.3. The topological polar surface area (TPSA) is 398 Å². The van der Waals surface area contributed by atoms with Gasteiger partial charge in [-0.05, 0) is 0 Å². The molecule has 0 aliphatic rings. The van der Waals surface area contributed by atoms with Gasteiger partial charge in [0.05, 0.1) is 0 Å². The minimum atomic E-state index is -6.68. The summed E-state index contributed by atoms with van der Waals surface area (Å²) in [5.74, 6) is 0. The van der Waals surface area contributed by atoms with Gasteiger partial charge < -0.3 is 32.9 Å². The average Bonchev–Trinajstić information content (AvgIpc) is 1.95. The quantitative estimate of drug-likeness (QED) is 0.180. The zero-order valence-corrected chi connectivity index (χ0v) is 13.0. The molecule has 23 heavy (non-hydrogen) atoms. The molecule has 0 fully saturated rings. The van der Waals surface area contributed by atoms with E-state index in [0.717, 1.165) is 0 Å². The Morgan fingerprint density at radius 2 is 0.609 bits per heavy atom. The van der Waals surface area contributed by atoms with E-state index in [9.17, 15) is 40.5 Å². The summed E-state index contributed by atoms with van der Waals surface area (Å²) in [7, 11) is 0. The Kier molecular flexibility index (Phi) is 32.4. The van der Waals surface area contributed by atoms with Crippen LogP contribution in [-0.2, 0) is 12.7 Å². The molecule has 22 nitrogen and oxygen atoms in total. The van der Waals surface area contributed by atoms with Gasteiger partial charge in [-0.25, -0.2) is 0 Å². The molecule has 0 heterocycles. The maximum atomic E-state index is 9.89. The van der Waals surface area contributed by atoms with E-state index in [2.05, 4.69) is 12.7 Å². The van der Waals surface area contributed by atoms with Crippen molar-refractivity contribution in [1.29, 1.82) is 0 Å². The predicted octanol–water partition coefficient (Wildman–Crippen LogP) is -6.69. The van der Waals surface area contributed by atoms with E-state index in [0.29, 0.717) is 0 Å². The number of rotatable bonds is 8. The van der Waals surface area contributed by atoms with Crippen molar-refractivity contribution in [2.45, 2.75) is 0 Å². The summed E-state index contributed by atoms with van der Waals surface area (Å²) in [6.07, 6.45) is 0. The Labute approximate surface area is 127 Å². The summed E-state index contributed by atoms with van der Waals surface area (Å²) in [6, 6.07) is 0. The number of hydrogen-bond acceptors (Lipinski definition) is 12. The molecule has 12 N–H and O–H groups in total. The van der Waals surface area contributed by atoms with E-state index in [1.165, 1.54) is 0 Å². The second-order valence-corrected chi connectivity index (χ2v) is 6.70. The van der Waals surface area contributed by atoms with E-state index in [1.54, 1.807) is 0 Å². The van der Waals surface area contributed by atoms with Gasteiger partial charge in [-0.1, -0.05) is 0 Å². The standard InChI is InChI=1S/4NO3.6H2O.Sn/c4*2-1(3)4;;;;;;;/h;;;;6*1H2;/q4*-1;;;;;;;+4. The third-order valence-electron chi connectivity index (χ3n) is 0.745. The van der Waals surface area contributed by atoms with Gasteiger partial charge in [0.1, 0.15) is 0 Å². The van der Waals surface area contributed by atoms with Gasteiger partial charge in [-0.3, -0.25) is 0 Å². The molecular formula is H12N4O18Sn. The van der Waals surface area contributed by atoms with Crippen LogP contribution in [0.1, 0.15) is 0 Å². The van der Waals surface area contributed by atoms with E-state index in [1.807, 2.05) is 0 Å². The molecule has 0 saturated heterocycles. The van der Waals surface area contributed by atoms with Crippen molar-refractivity contribution in [3.8, 4) is 0 Å². The molecule has 0 unspecified atom stereocenters. The third-order valence-corrected chi connectivity index (χ3v) is 5.00. The van der Waals surface area contributed by atoms with Crippen LogP contribution in [0.25, 0.3) is 0 Å². The molecule has 0 aliphatic heterocycles. The van der Waals surface area contributed by atoms with E-state index in [4.69, 9.17) is 0 Å². The van der Waals surface area contributed by atoms with E-state index in [-0.39, 0.29) is 32.9 Å². The van der Waals surface area contributed by atoms with Crippen molar-refractivity contribution in [2.24, 2.45) is 0 Å². The van der Waals surface area contributed by atoms with Crippen LogP contribution >= 0.6 is 0 Å². The van der Waals surface area contributed by atoms with Crippen LogP contribution in [0.4, 0.5) is 0 Å². The first-order valence-electron chi connectivity index (χ1n) is 3.01. The van der Waals surface area contributed by atoms with E-state index >= 15 is 0 Å². The zero-order chi connectivity index (χ0) is 13.6. The van der Waals surface area contributed by atoms with Crippen LogP contribution in [0.2, 0.25) is 0 Å². The summed E-state index contributed by atoms with van der Waals surface area (Å²) >= 11 is -6.68. The molecule has 0 aliphatic carbocycles. The van der Waals surface area contributed by atoms with Gasteiger partial charge in [0.15, 0.2) is 0 Å². The third kappa shape index (κ3) is 19.4. The normalized spacial score (nSPS) is 7.30. The Morgan fingerprint density at radius 3 is 0.696 bits per heavy atom. The van der Waals surface area contributed by atoms with Crippen LogP contribution < -0.4 is 0 Å². The van der Waals surface area contributed by atoms with Crippen LogP contribution in [0.15, 0.2) is 0 Å². The molecule has 144 valence electrons. The summed E-state index contributed by atoms with van der Waals surface area (Å²) in [4.78, 5) is 39.5.